The van der Waals surface area contributed by atoms with Crippen LogP contribution in [-0.2, 0) is 14.9 Å². The number of ether oxygens (including phenoxy) is 1. The van der Waals surface area contributed by atoms with E-state index in [-0.39, 0.29) is 18.1 Å². The molecule has 0 aromatic carbocycles. The van der Waals surface area contributed by atoms with Gasteiger partial charge in [0.2, 0.25) is 0 Å². The summed E-state index contributed by atoms with van der Waals surface area (Å²) < 4.78 is 32.2. The lowest BCUT2D eigenvalue weighted by molar-refractivity contribution is 0.158. The highest BCUT2D eigenvalue weighted by Gasteiger charge is 2.29. The number of hydrogen-bond donors (Lipinski definition) is 2. The molecule has 8 heteroatoms. The summed E-state index contributed by atoms with van der Waals surface area (Å²) >= 11 is 3.28. The molecule has 0 saturated heterocycles. The van der Waals surface area contributed by atoms with Gasteiger partial charge in [-0.2, -0.15) is 13.1 Å². The van der Waals surface area contributed by atoms with E-state index in [2.05, 4.69) is 25.4 Å². The van der Waals surface area contributed by atoms with E-state index in [0.717, 1.165) is 0 Å². The van der Waals surface area contributed by atoms with Gasteiger partial charge in [-0.15, -0.1) is 0 Å². The number of halogens is 1. The predicted molar refractivity (Wildman–Crippen MR) is 73.9 cm³/mol. The highest BCUT2D eigenvalue weighted by Crippen LogP contribution is 2.22. The van der Waals surface area contributed by atoms with Crippen LogP contribution in [0.25, 0.3) is 0 Å². The van der Waals surface area contributed by atoms with E-state index in [1.165, 1.54) is 0 Å². The maximum Gasteiger partial charge on any atom is 0.421 e. The zero-order valence-corrected chi connectivity index (χ0v) is 13.5. The van der Waals surface area contributed by atoms with Gasteiger partial charge in [0.15, 0.2) is 0 Å². The Morgan fingerprint density at radius 1 is 1.39 bits per heavy atom. The maximum atomic E-state index is 11.7. The smallest absolute Gasteiger partial charge is 0.421 e. The Kier molecular flexibility index (Phi) is 7.16. The molecule has 0 aliphatic carbocycles. The molecular weight excluding hydrogens is 324 g/mol. The van der Waals surface area contributed by atoms with Gasteiger partial charge in [-0.25, -0.2) is 9.52 Å². The van der Waals surface area contributed by atoms with Crippen LogP contribution in [-0.4, -0.2) is 32.5 Å². The van der Waals surface area contributed by atoms with Crippen molar-refractivity contribution in [2.45, 2.75) is 40.2 Å². The molecule has 18 heavy (non-hydrogen) atoms. The fourth-order valence-corrected chi connectivity index (χ4v) is 2.91. The summed E-state index contributed by atoms with van der Waals surface area (Å²) in [6.07, 6.45) is -0.357. The van der Waals surface area contributed by atoms with E-state index < -0.39 is 16.3 Å². The summed E-state index contributed by atoms with van der Waals surface area (Å²) in [5.41, 5.74) is -0.253. The summed E-state index contributed by atoms with van der Waals surface area (Å²) in [5, 5.41) is 0.664. The van der Waals surface area contributed by atoms with E-state index in [1.54, 1.807) is 11.6 Å². The van der Waals surface area contributed by atoms with Crippen molar-refractivity contribution < 1.29 is 17.9 Å². The van der Waals surface area contributed by atoms with Crippen molar-refractivity contribution in [1.82, 2.24) is 9.44 Å². The van der Waals surface area contributed by atoms with Crippen molar-refractivity contribution in [2.75, 3.05) is 11.9 Å². The SMILES string of the molecule is CCOC(=O)NS(=O)(=O)NC(CCBr)C(C)(C)C. The standard InChI is InChI=1S/C10H21BrN2O4S/c1-5-17-9(14)13-18(15,16)12-8(6-7-11)10(2,3)4/h8,12H,5-7H2,1-4H3,(H,13,14). The molecule has 2 N–H and O–H groups in total. The molecule has 1 unspecified atom stereocenters. The van der Waals surface area contributed by atoms with Gasteiger partial charge >= 0.3 is 16.3 Å². The Balaban J connectivity index is 4.66. The van der Waals surface area contributed by atoms with Gasteiger partial charge < -0.3 is 4.74 Å². The summed E-state index contributed by atoms with van der Waals surface area (Å²) in [7, 11) is -3.90. The van der Waals surface area contributed by atoms with Crippen LogP contribution in [0.3, 0.4) is 0 Å². The molecule has 0 radical (unpaired) electrons. The van der Waals surface area contributed by atoms with Crippen molar-refractivity contribution in [2.24, 2.45) is 5.41 Å². The molecule has 0 saturated carbocycles. The monoisotopic (exact) mass is 344 g/mol. The zero-order valence-electron chi connectivity index (χ0n) is 11.1. The van der Waals surface area contributed by atoms with E-state index >= 15 is 0 Å². The van der Waals surface area contributed by atoms with Crippen molar-refractivity contribution in [3.8, 4) is 0 Å². The Labute approximate surface area is 117 Å². The summed E-state index contributed by atoms with van der Waals surface area (Å²) in [6.45, 7) is 7.49. The molecule has 0 spiro atoms. The summed E-state index contributed by atoms with van der Waals surface area (Å²) in [6, 6.07) is -0.288. The second kappa shape index (κ2) is 7.30. The van der Waals surface area contributed by atoms with E-state index in [4.69, 9.17) is 0 Å². The van der Waals surface area contributed by atoms with Crippen LogP contribution in [0.1, 0.15) is 34.1 Å². The molecule has 0 aliphatic heterocycles. The molecule has 0 aliphatic rings. The fourth-order valence-electron chi connectivity index (χ4n) is 1.26. The molecule has 0 bridgehead atoms. The third-order valence-corrected chi connectivity index (χ3v) is 3.72. The quantitative estimate of drug-likeness (QED) is 0.719. The second-order valence-corrected chi connectivity index (χ2v) is 7.08. The highest BCUT2D eigenvalue weighted by atomic mass is 79.9. The minimum Gasteiger partial charge on any atom is -0.449 e. The maximum absolute atomic E-state index is 11.7. The van der Waals surface area contributed by atoms with Crippen LogP contribution in [0.5, 0.6) is 0 Å². The third-order valence-electron chi connectivity index (χ3n) is 2.23. The van der Waals surface area contributed by atoms with E-state index in [0.29, 0.717) is 11.8 Å². The van der Waals surface area contributed by atoms with Crippen LogP contribution < -0.4 is 9.44 Å². The lowest BCUT2D eigenvalue weighted by atomic mass is 9.86. The van der Waals surface area contributed by atoms with Crippen LogP contribution in [0.15, 0.2) is 0 Å². The Bertz CT molecular complexity index is 365. The molecule has 0 aromatic rings. The third kappa shape index (κ3) is 7.17. The first-order valence-electron chi connectivity index (χ1n) is 5.65. The zero-order chi connectivity index (χ0) is 14.4. The van der Waals surface area contributed by atoms with Gasteiger partial charge in [-0.3, -0.25) is 0 Å². The lowest BCUT2D eigenvalue weighted by Crippen LogP contribution is -2.50. The van der Waals surface area contributed by atoms with E-state index in [9.17, 15) is 13.2 Å². The number of amides is 1. The molecule has 108 valence electrons. The topological polar surface area (TPSA) is 84.5 Å². The molecule has 1 amide bonds. The van der Waals surface area contributed by atoms with Crippen molar-refractivity contribution in [1.29, 1.82) is 0 Å². The number of rotatable bonds is 6. The molecule has 6 nitrogen and oxygen atoms in total. The van der Waals surface area contributed by atoms with Crippen LogP contribution in [0.2, 0.25) is 0 Å². The van der Waals surface area contributed by atoms with Gasteiger partial charge in [0.1, 0.15) is 0 Å². The first-order chi connectivity index (χ1) is 8.12. The number of carbonyl (C=O) groups excluding carboxylic acids is 1. The predicted octanol–water partition coefficient (Wildman–Crippen LogP) is 1.77. The average Bonchev–Trinajstić information content (AvgIpc) is 2.14. The molecular formula is C10H21BrN2O4S. The van der Waals surface area contributed by atoms with Gasteiger partial charge in [0, 0.05) is 11.4 Å². The van der Waals surface area contributed by atoms with Crippen LogP contribution in [0, 0.1) is 5.41 Å². The van der Waals surface area contributed by atoms with Crippen molar-refractivity contribution in [3.63, 3.8) is 0 Å². The fraction of sp³-hybridized carbons (Fsp3) is 0.900. The Morgan fingerprint density at radius 3 is 2.33 bits per heavy atom. The second-order valence-electron chi connectivity index (χ2n) is 4.84. The first kappa shape index (κ1) is 17.7. The largest absolute Gasteiger partial charge is 0.449 e. The Hall–Kier alpha value is -0.340. The molecule has 0 aromatic heterocycles. The average molecular weight is 345 g/mol. The lowest BCUT2D eigenvalue weighted by Gasteiger charge is -2.30. The van der Waals surface area contributed by atoms with Crippen molar-refractivity contribution >= 4 is 32.2 Å². The minimum atomic E-state index is -3.90. The minimum absolute atomic E-state index is 0.117. The number of alkyl halides is 1. The van der Waals surface area contributed by atoms with Crippen LogP contribution >= 0.6 is 15.9 Å². The van der Waals surface area contributed by atoms with E-state index in [1.807, 2.05) is 20.8 Å². The summed E-state index contributed by atoms with van der Waals surface area (Å²) in [4.78, 5) is 11.1. The normalized spacial score (nSPS) is 14.1. The van der Waals surface area contributed by atoms with Crippen molar-refractivity contribution in [3.05, 3.63) is 0 Å². The summed E-state index contributed by atoms with van der Waals surface area (Å²) in [5.74, 6) is 0. The van der Waals surface area contributed by atoms with Gasteiger partial charge in [0.05, 0.1) is 6.61 Å². The van der Waals surface area contributed by atoms with Gasteiger partial charge in [-0.1, -0.05) is 36.7 Å². The van der Waals surface area contributed by atoms with Gasteiger partial charge in [0.25, 0.3) is 0 Å². The number of hydrogen-bond acceptors (Lipinski definition) is 4. The van der Waals surface area contributed by atoms with Gasteiger partial charge in [-0.05, 0) is 18.8 Å². The first-order valence-corrected chi connectivity index (χ1v) is 8.25. The molecule has 0 fully saturated rings. The molecule has 0 rings (SSSR count). The number of nitrogens with one attached hydrogen (secondary N) is 2. The van der Waals surface area contributed by atoms with Crippen LogP contribution in [0.4, 0.5) is 4.79 Å². The highest BCUT2D eigenvalue weighted by molar-refractivity contribution is 9.09. The number of carbonyl (C=O) groups is 1. The Morgan fingerprint density at radius 2 is 1.94 bits per heavy atom. The molecule has 1 atom stereocenters. The molecule has 0 heterocycles.